The Morgan fingerprint density at radius 3 is 2.19 bits per heavy atom. The van der Waals surface area contributed by atoms with Crippen molar-refractivity contribution in [2.24, 2.45) is 0 Å². The highest BCUT2D eigenvalue weighted by atomic mass is 32.2. The van der Waals surface area contributed by atoms with Gasteiger partial charge in [0.1, 0.15) is 0 Å². The second-order valence-corrected chi connectivity index (χ2v) is 8.29. The van der Waals surface area contributed by atoms with Gasteiger partial charge in [-0.1, -0.05) is 29.3 Å². The van der Waals surface area contributed by atoms with Gasteiger partial charge in [0.15, 0.2) is 9.84 Å². The van der Waals surface area contributed by atoms with Crippen LogP contribution < -0.4 is 5.73 Å². The van der Waals surface area contributed by atoms with E-state index in [1.807, 2.05) is 0 Å². The molecule has 2 aromatic rings. The molecule has 0 aliphatic rings. The molecule has 0 unspecified atom stereocenters. The highest BCUT2D eigenvalue weighted by Crippen LogP contribution is 2.30. The number of sulfone groups is 1. The van der Waals surface area contributed by atoms with E-state index in [-0.39, 0.29) is 4.90 Å². The van der Waals surface area contributed by atoms with Crippen LogP contribution in [0.1, 0.15) is 16.7 Å². The quantitative estimate of drug-likeness (QED) is 0.690. The van der Waals surface area contributed by atoms with Gasteiger partial charge in [-0.05, 0) is 37.6 Å². The van der Waals surface area contributed by atoms with E-state index in [0.29, 0.717) is 5.69 Å². The standard InChI is InChI=1S/C16H19NO2S2/c1-11-6-12(2)8-13(7-11)10-20-16-5-4-14(9-15(16)17)21(3,18)19/h4-9H,10,17H2,1-3H3. The molecule has 0 aromatic heterocycles. The molecule has 0 saturated heterocycles. The van der Waals surface area contributed by atoms with Crippen molar-refractivity contribution >= 4 is 27.3 Å². The maximum Gasteiger partial charge on any atom is 0.175 e. The van der Waals surface area contributed by atoms with Gasteiger partial charge >= 0.3 is 0 Å². The second-order valence-electron chi connectivity index (χ2n) is 5.26. The summed E-state index contributed by atoms with van der Waals surface area (Å²) in [7, 11) is -3.21. The Balaban J connectivity index is 2.17. The van der Waals surface area contributed by atoms with E-state index in [1.54, 1.807) is 23.9 Å². The summed E-state index contributed by atoms with van der Waals surface area (Å²) in [6.45, 7) is 4.16. The minimum absolute atomic E-state index is 0.260. The highest BCUT2D eigenvalue weighted by molar-refractivity contribution is 7.98. The van der Waals surface area contributed by atoms with E-state index in [4.69, 9.17) is 5.73 Å². The molecule has 21 heavy (non-hydrogen) atoms. The lowest BCUT2D eigenvalue weighted by Gasteiger charge is -2.08. The summed E-state index contributed by atoms with van der Waals surface area (Å²) in [5.74, 6) is 0.810. The van der Waals surface area contributed by atoms with Crippen molar-refractivity contribution in [2.75, 3.05) is 12.0 Å². The summed E-state index contributed by atoms with van der Waals surface area (Å²) >= 11 is 1.62. The molecule has 0 fully saturated rings. The fourth-order valence-electron chi connectivity index (χ4n) is 2.20. The molecule has 0 amide bonds. The Kier molecular flexibility index (Phi) is 4.64. The third-order valence-electron chi connectivity index (χ3n) is 3.09. The molecule has 112 valence electrons. The number of aryl methyl sites for hydroxylation is 2. The van der Waals surface area contributed by atoms with Crippen LogP contribution in [0.4, 0.5) is 5.69 Å². The van der Waals surface area contributed by atoms with E-state index in [2.05, 4.69) is 32.0 Å². The smallest absolute Gasteiger partial charge is 0.175 e. The van der Waals surface area contributed by atoms with Gasteiger partial charge in [0, 0.05) is 22.6 Å². The van der Waals surface area contributed by atoms with Gasteiger partial charge in [-0.2, -0.15) is 0 Å². The maximum atomic E-state index is 11.5. The van der Waals surface area contributed by atoms with Crippen LogP contribution in [-0.4, -0.2) is 14.7 Å². The van der Waals surface area contributed by atoms with Crippen LogP contribution in [0.15, 0.2) is 46.2 Å². The van der Waals surface area contributed by atoms with Crippen LogP contribution in [-0.2, 0) is 15.6 Å². The van der Waals surface area contributed by atoms with E-state index >= 15 is 0 Å². The molecule has 0 heterocycles. The fourth-order valence-corrected chi connectivity index (χ4v) is 3.74. The van der Waals surface area contributed by atoms with E-state index in [9.17, 15) is 8.42 Å². The first-order valence-electron chi connectivity index (χ1n) is 6.55. The second kappa shape index (κ2) is 6.12. The van der Waals surface area contributed by atoms with Crippen molar-refractivity contribution in [3.05, 3.63) is 53.1 Å². The SMILES string of the molecule is Cc1cc(C)cc(CSc2ccc(S(C)(=O)=O)cc2N)c1. The monoisotopic (exact) mass is 321 g/mol. The van der Waals surface area contributed by atoms with Crippen molar-refractivity contribution in [1.82, 2.24) is 0 Å². The largest absolute Gasteiger partial charge is 0.398 e. The zero-order valence-electron chi connectivity index (χ0n) is 12.4. The van der Waals surface area contributed by atoms with Crippen molar-refractivity contribution in [1.29, 1.82) is 0 Å². The molecule has 2 N–H and O–H groups in total. The number of hydrogen-bond donors (Lipinski definition) is 1. The molecule has 5 heteroatoms. The van der Waals surface area contributed by atoms with Crippen molar-refractivity contribution in [3.8, 4) is 0 Å². The van der Waals surface area contributed by atoms with Crippen molar-refractivity contribution < 1.29 is 8.42 Å². The summed E-state index contributed by atoms with van der Waals surface area (Å²) in [6, 6.07) is 11.4. The summed E-state index contributed by atoms with van der Waals surface area (Å²) in [5.41, 5.74) is 10.2. The van der Waals surface area contributed by atoms with Crippen LogP contribution in [0, 0.1) is 13.8 Å². The molecular formula is C16H19NO2S2. The Morgan fingerprint density at radius 2 is 1.67 bits per heavy atom. The van der Waals surface area contributed by atoms with Crippen LogP contribution in [0.2, 0.25) is 0 Å². The molecule has 0 atom stereocenters. The predicted octanol–water partition coefficient (Wildman–Crippen LogP) is 3.58. The van der Waals surface area contributed by atoms with Crippen molar-refractivity contribution in [2.45, 2.75) is 29.4 Å². The molecular weight excluding hydrogens is 302 g/mol. The molecule has 2 rings (SSSR count). The average Bonchev–Trinajstić information content (AvgIpc) is 2.35. The lowest BCUT2D eigenvalue weighted by atomic mass is 10.1. The van der Waals surface area contributed by atoms with Gasteiger partial charge in [-0.15, -0.1) is 11.8 Å². The number of rotatable bonds is 4. The third-order valence-corrected chi connectivity index (χ3v) is 5.36. The topological polar surface area (TPSA) is 60.2 Å². The molecule has 0 aliphatic heterocycles. The molecule has 0 radical (unpaired) electrons. The molecule has 2 aromatic carbocycles. The molecule has 0 spiro atoms. The first-order chi connectivity index (χ1) is 9.75. The summed E-state index contributed by atoms with van der Waals surface area (Å²) in [6.07, 6.45) is 1.18. The van der Waals surface area contributed by atoms with Gasteiger partial charge in [-0.3, -0.25) is 0 Å². The first-order valence-corrected chi connectivity index (χ1v) is 9.43. The Morgan fingerprint density at radius 1 is 1.05 bits per heavy atom. The Labute approximate surface area is 130 Å². The van der Waals surface area contributed by atoms with Gasteiger partial charge < -0.3 is 5.73 Å². The normalized spacial score (nSPS) is 11.6. The zero-order chi connectivity index (χ0) is 15.6. The number of benzene rings is 2. The summed E-state index contributed by atoms with van der Waals surface area (Å²) in [5, 5.41) is 0. The Bertz CT molecular complexity index is 748. The predicted molar refractivity (Wildman–Crippen MR) is 89.4 cm³/mol. The van der Waals surface area contributed by atoms with Gasteiger partial charge in [0.25, 0.3) is 0 Å². The number of nitrogens with two attached hydrogens (primary N) is 1. The third kappa shape index (κ3) is 4.25. The van der Waals surface area contributed by atoms with Crippen LogP contribution in [0.25, 0.3) is 0 Å². The molecule has 3 nitrogen and oxygen atoms in total. The minimum Gasteiger partial charge on any atom is -0.398 e. The number of hydrogen-bond acceptors (Lipinski definition) is 4. The van der Waals surface area contributed by atoms with Gasteiger partial charge in [-0.25, -0.2) is 8.42 Å². The number of anilines is 1. The van der Waals surface area contributed by atoms with Crippen LogP contribution >= 0.6 is 11.8 Å². The number of thioether (sulfide) groups is 1. The average molecular weight is 321 g/mol. The first kappa shape index (κ1) is 15.9. The highest BCUT2D eigenvalue weighted by Gasteiger charge is 2.10. The van der Waals surface area contributed by atoms with E-state index in [0.717, 1.165) is 10.6 Å². The van der Waals surface area contributed by atoms with Crippen molar-refractivity contribution in [3.63, 3.8) is 0 Å². The molecule has 0 saturated carbocycles. The van der Waals surface area contributed by atoms with Gasteiger partial charge in [0.2, 0.25) is 0 Å². The van der Waals surface area contributed by atoms with Crippen LogP contribution in [0.3, 0.4) is 0 Å². The lowest BCUT2D eigenvalue weighted by Crippen LogP contribution is -1.99. The van der Waals surface area contributed by atoms with Gasteiger partial charge in [0.05, 0.1) is 4.90 Å². The Hall–Kier alpha value is -1.46. The molecule has 0 aliphatic carbocycles. The maximum absolute atomic E-state index is 11.5. The van der Waals surface area contributed by atoms with E-state index in [1.165, 1.54) is 29.0 Å². The lowest BCUT2D eigenvalue weighted by molar-refractivity contribution is 0.602. The number of nitrogen functional groups attached to an aromatic ring is 1. The summed E-state index contributed by atoms with van der Waals surface area (Å²) in [4.78, 5) is 1.16. The fraction of sp³-hybridized carbons (Fsp3) is 0.250. The van der Waals surface area contributed by atoms with E-state index < -0.39 is 9.84 Å². The zero-order valence-corrected chi connectivity index (χ0v) is 14.0. The minimum atomic E-state index is -3.21. The van der Waals surface area contributed by atoms with Crippen LogP contribution in [0.5, 0.6) is 0 Å². The summed E-state index contributed by atoms with van der Waals surface area (Å²) < 4.78 is 23.0. The molecule has 0 bridgehead atoms.